The Labute approximate surface area is 92.3 Å². The van der Waals surface area contributed by atoms with Crippen molar-refractivity contribution in [2.45, 2.75) is 12.5 Å². The summed E-state index contributed by atoms with van der Waals surface area (Å²) in [6, 6.07) is 1.59. The first-order chi connectivity index (χ1) is 7.81. The molecule has 0 aromatic carbocycles. The first-order valence-electron chi connectivity index (χ1n) is 4.81. The Morgan fingerprint density at radius 2 is 2.38 bits per heavy atom. The van der Waals surface area contributed by atoms with Crippen LogP contribution in [0.15, 0.2) is 24.8 Å². The lowest BCUT2D eigenvalue weighted by molar-refractivity contribution is 0.524. The molecule has 7 heteroatoms. The SMILES string of the molecule is NNC(Cc1cnccc1N)c1ncn[nH]1. The van der Waals surface area contributed by atoms with Crippen LogP contribution in [0.25, 0.3) is 0 Å². The number of nitrogen functional groups attached to an aromatic ring is 1. The Bertz CT molecular complexity index is 439. The lowest BCUT2D eigenvalue weighted by atomic mass is 10.1. The molecule has 0 bridgehead atoms. The zero-order chi connectivity index (χ0) is 11.4. The minimum absolute atomic E-state index is 0.158. The van der Waals surface area contributed by atoms with Crippen LogP contribution in [0.5, 0.6) is 0 Å². The number of nitrogens with zero attached hydrogens (tertiary/aromatic N) is 3. The van der Waals surface area contributed by atoms with Gasteiger partial charge in [-0.1, -0.05) is 0 Å². The van der Waals surface area contributed by atoms with Gasteiger partial charge in [-0.3, -0.25) is 15.9 Å². The fourth-order valence-electron chi connectivity index (χ4n) is 1.45. The number of aromatic nitrogens is 4. The van der Waals surface area contributed by atoms with Gasteiger partial charge in [0.1, 0.15) is 12.2 Å². The van der Waals surface area contributed by atoms with Crippen LogP contribution in [-0.4, -0.2) is 20.2 Å². The van der Waals surface area contributed by atoms with Gasteiger partial charge in [0.2, 0.25) is 0 Å². The van der Waals surface area contributed by atoms with Crippen LogP contribution in [0.2, 0.25) is 0 Å². The number of H-pyrrole nitrogens is 1. The Morgan fingerprint density at radius 3 is 3.00 bits per heavy atom. The summed E-state index contributed by atoms with van der Waals surface area (Å²) >= 11 is 0. The van der Waals surface area contributed by atoms with E-state index in [-0.39, 0.29) is 6.04 Å². The highest BCUT2D eigenvalue weighted by Gasteiger charge is 2.14. The molecular formula is C9H13N7. The molecule has 2 rings (SSSR count). The summed E-state index contributed by atoms with van der Waals surface area (Å²) in [6.07, 6.45) is 5.41. The molecule has 1 atom stereocenters. The maximum atomic E-state index is 5.82. The first kappa shape index (κ1) is 10.5. The van der Waals surface area contributed by atoms with Crippen LogP contribution in [0, 0.1) is 0 Å². The number of pyridine rings is 1. The van der Waals surface area contributed by atoms with E-state index in [1.807, 2.05) is 0 Å². The molecule has 0 aliphatic carbocycles. The maximum Gasteiger partial charge on any atom is 0.143 e. The van der Waals surface area contributed by atoms with Crippen molar-refractivity contribution in [1.82, 2.24) is 25.6 Å². The fraction of sp³-hybridized carbons (Fsp3) is 0.222. The molecule has 0 aliphatic heterocycles. The van der Waals surface area contributed by atoms with Gasteiger partial charge in [-0.15, -0.1) is 0 Å². The van der Waals surface area contributed by atoms with Crippen LogP contribution in [-0.2, 0) is 6.42 Å². The predicted molar refractivity (Wildman–Crippen MR) is 58.8 cm³/mol. The van der Waals surface area contributed by atoms with Crippen LogP contribution in [0.3, 0.4) is 0 Å². The third kappa shape index (κ3) is 2.15. The largest absolute Gasteiger partial charge is 0.398 e. The molecular weight excluding hydrogens is 206 g/mol. The van der Waals surface area contributed by atoms with E-state index >= 15 is 0 Å². The Kier molecular flexibility index (Phi) is 3.08. The van der Waals surface area contributed by atoms with Gasteiger partial charge in [-0.25, -0.2) is 10.4 Å². The second kappa shape index (κ2) is 4.69. The molecule has 0 aliphatic rings. The molecule has 1 unspecified atom stereocenters. The number of hydrogen-bond donors (Lipinski definition) is 4. The molecule has 0 saturated carbocycles. The highest BCUT2D eigenvalue weighted by molar-refractivity contribution is 5.44. The second-order valence-electron chi connectivity index (χ2n) is 3.37. The summed E-state index contributed by atoms with van der Waals surface area (Å²) < 4.78 is 0. The van der Waals surface area contributed by atoms with E-state index in [9.17, 15) is 0 Å². The smallest absolute Gasteiger partial charge is 0.143 e. The van der Waals surface area contributed by atoms with Crippen molar-refractivity contribution in [2.24, 2.45) is 5.84 Å². The van der Waals surface area contributed by atoms with E-state index in [0.29, 0.717) is 17.9 Å². The Balaban J connectivity index is 2.17. The molecule has 6 N–H and O–H groups in total. The summed E-state index contributed by atoms with van der Waals surface area (Å²) in [6.45, 7) is 0. The maximum absolute atomic E-state index is 5.82. The number of hydrazine groups is 1. The molecule has 16 heavy (non-hydrogen) atoms. The van der Waals surface area contributed by atoms with E-state index in [1.165, 1.54) is 6.33 Å². The highest BCUT2D eigenvalue weighted by Crippen LogP contribution is 2.17. The van der Waals surface area contributed by atoms with Crippen molar-refractivity contribution in [3.05, 3.63) is 36.2 Å². The van der Waals surface area contributed by atoms with E-state index < -0.39 is 0 Å². The van der Waals surface area contributed by atoms with Crippen LogP contribution in [0.4, 0.5) is 5.69 Å². The van der Waals surface area contributed by atoms with Crippen molar-refractivity contribution in [3.8, 4) is 0 Å². The van der Waals surface area contributed by atoms with Gasteiger partial charge in [-0.2, -0.15) is 5.10 Å². The molecule has 2 heterocycles. The van der Waals surface area contributed by atoms with E-state index in [2.05, 4.69) is 25.6 Å². The van der Waals surface area contributed by atoms with Crippen molar-refractivity contribution < 1.29 is 0 Å². The van der Waals surface area contributed by atoms with E-state index in [0.717, 1.165) is 5.56 Å². The minimum atomic E-state index is -0.158. The van der Waals surface area contributed by atoms with Crippen molar-refractivity contribution >= 4 is 5.69 Å². The summed E-state index contributed by atoms with van der Waals surface area (Å²) in [5, 5.41) is 6.54. The second-order valence-corrected chi connectivity index (χ2v) is 3.37. The zero-order valence-electron chi connectivity index (χ0n) is 8.59. The number of nitrogens with two attached hydrogens (primary N) is 2. The van der Waals surface area contributed by atoms with Gasteiger partial charge in [0.25, 0.3) is 0 Å². The van der Waals surface area contributed by atoms with E-state index in [4.69, 9.17) is 11.6 Å². The molecule has 2 aromatic heterocycles. The summed E-state index contributed by atoms with van der Waals surface area (Å²) in [4.78, 5) is 8.06. The molecule has 0 spiro atoms. The standard InChI is InChI=1S/C9H13N7/c10-7-1-2-12-4-6(7)3-8(15-11)9-13-5-14-16-9/h1-2,4-5,8,15H,3,11H2,(H2,10,12)(H,13,14,16). The molecule has 2 aromatic rings. The van der Waals surface area contributed by atoms with Crippen LogP contribution in [0.1, 0.15) is 17.4 Å². The van der Waals surface area contributed by atoms with Gasteiger partial charge in [-0.05, 0) is 18.1 Å². The van der Waals surface area contributed by atoms with Crippen LogP contribution < -0.4 is 17.0 Å². The number of aromatic amines is 1. The number of anilines is 1. The van der Waals surface area contributed by atoms with Crippen molar-refractivity contribution in [3.63, 3.8) is 0 Å². The molecule has 0 saturated heterocycles. The molecule has 0 radical (unpaired) electrons. The van der Waals surface area contributed by atoms with Gasteiger partial charge < -0.3 is 5.73 Å². The molecule has 84 valence electrons. The highest BCUT2D eigenvalue weighted by atomic mass is 15.3. The Morgan fingerprint density at radius 1 is 1.50 bits per heavy atom. The minimum Gasteiger partial charge on any atom is -0.398 e. The normalized spacial score (nSPS) is 12.6. The third-order valence-corrected chi connectivity index (χ3v) is 2.33. The van der Waals surface area contributed by atoms with Gasteiger partial charge in [0.05, 0.1) is 6.04 Å². The van der Waals surface area contributed by atoms with Crippen molar-refractivity contribution in [2.75, 3.05) is 5.73 Å². The average molecular weight is 219 g/mol. The number of nitrogens with one attached hydrogen (secondary N) is 2. The molecule has 7 nitrogen and oxygen atoms in total. The van der Waals surface area contributed by atoms with Gasteiger partial charge in [0, 0.05) is 18.1 Å². The predicted octanol–water partition coefficient (Wildman–Crippen LogP) is -0.471. The monoisotopic (exact) mass is 219 g/mol. The number of hydrogen-bond acceptors (Lipinski definition) is 6. The molecule has 0 fully saturated rings. The van der Waals surface area contributed by atoms with Gasteiger partial charge in [0.15, 0.2) is 0 Å². The lowest BCUT2D eigenvalue weighted by Crippen LogP contribution is -2.30. The zero-order valence-corrected chi connectivity index (χ0v) is 8.59. The van der Waals surface area contributed by atoms with Crippen molar-refractivity contribution in [1.29, 1.82) is 0 Å². The third-order valence-electron chi connectivity index (χ3n) is 2.33. The fourth-order valence-corrected chi connectivity index (χ4v) is 1.45. The quantitative estimate of drug-likeness (QED) is 0.407. The van der Waals surface area contributed by atoms with E-state index in [1.54, 1.807) is 18.5 Å². The summed E-state index contributed by atoms with van der Waals surface area (Å²) in [7, 11) is 0. The van der Waals surface area contributed by atoms with Gasteiger partial charge >= 0.3 is 0 Å². The summed E-state index contributed by atoms with van der Waals surface area (Å²) in [5.74, 6) is 6.13. The van der Waals surface area contributed by atoms with Crippen LogP contribution >= 0.6 is 0 Å². The molecule has 0 amide bonds. The topological polar surface area (TPSA) is 119 Å². The average Bonchev–Trinajstić information content (AvgIpc) is 2.81. The first-order valence-corrected chi connectivity index (χ1v) is 4.81. The number of rotatable bonds is 4. The summed E-state index contributed by atoms with van der Waals surface area (Å²) in [5.41, 5.74) is 10.1. The Hall–Kier alpha value is -1.99. The lowest BCUT2D eigenvalue weighted by Gasteiger charge is -2.13.